The van der Waals surface area contributed by atoms with Gasteiger partial charge in [-0.15, -0.1) is 0 Å². The SMILES string of the molecule is CCc1cc(NCC2Cc3ccccc3O2)nc(C)n1. The summed E-state index contributed by atoms with van der Waals surface area (Å²) < 4.78 is 5.91. The lowest BCUT2D eigenvalue weighted by Gasteiger charge is -2.13. The first-order valence-corrected chi connectivity index (χ1v) is 7.07. The highest BCUT2D eigenvalue weighted by Gasteiger charge is 2.21. The Kier molecular flexibility index (Phi) is 3.54. The minimum absolute atomic E-state index is 0.174. The molecule has 20 heavy (non-hydrogen) atoms. The van der Waals surface area contributed by atoms with Crippen molar-refractivity contribution in [3.8, 4) is 5.75 Å². The Balaban J connectivity index is 1.63. The van der Waals surface area contributed by atoms with Crippen LogP contribution < -0.4 is 10.1 Å². The normalized spacial score (nSPS) is 16.6. The lowest BCUT2D eigenvalue weighted by molar-refractivity contribution is 0.246. The van der Waals surface area contributed by atoms with Gasteiger partial charge in [0.1, 0.15) is 23.5 Å². The van der Waals surface area contributed by atoms with E-state index in [1.54, 1.807) is 0 Å². The topological polar surface area (TPSA) is 47.0 Å². The van der Waals surface area contributed by atoms with Gasteiger partial charge in [-0.1, -0.05) is 25.1 Å². The number of anilines is 1. The highest BCUT2D eigenvalue weighted by atomic mass is 16.5. The van der Waals surface area contributed by atoms with Gasteiger partial charge in [0.2, 0.25) is 0 Å². The number of para-hydroxylation sites is 1. The van der Waals surface area contributed by atoms with Crippen LogP contribution in [0.1, 0.15) is 24.0 Å². The Morgan fingerprint density at radius 3 is 2.95 bits per heavy atom. The second kappa shape index (κ2) is 5.49. The summed E-state index contributed by atoms with van der Waals surface area (Å²) >= 11 is 0. The van der Waals surface area contributed by atoms with Gasteiger partial charge >= 0.3 is 0 Å². The average Bonchev–Trinajstić information content (AvgIpc) is 2.87. The molecule has 0 bridgehead atoms. The average molecular weight is 269 g/mol. The fraction of sp³-hybridized carbons (Fsp3) is 0.375. The molecule has 3 rings (SSSR count). The first-order chi connectivity index (χ1) is 9.74. The molecule has 0 aliphatic carbocycles. The monoisotopic (exact) mass is 269 g/mol. The zero-order valence-electron chi connectivity index (χ0n) is 11.9. The summed E-state index contributed by atoms with van der Waals surface area (Å²) in [5.74, 6) is 2.70. The molecular weight excluding hydrogens is 250 g/mol. The van der Waals surface area contributed by atoms with Crippen LogP contribution in [0, 0.1) is 6.92 Å². The minimum atomic E-state index is 0.174. The van der Waals surface area contributed by atoms with Gasteiger partial charge in [-0.25, -0.2) is 9.97 Å². The number of hydrogen-bond donors (Lipinski definition) is 1. The molecule has 1 aliphatic rings. The molecule has 2 heterocycles. The van der Waals surface area contributed by atoms with Crippen molar-refractivity contribution in [2.45, 2.75) is 32.8 Å². The van der Waals surface area contributed by atoms with Crippen molar-refractivity contribution in [1.82, 2.24) is 9.97 Å². The third-order valence-electron chi connectivity index (χ3n) is 3.48. The van der Waals surface area contributed by atoms with Gasteiger partial charge in [0.05, 0.1) is 6.54 Å². The fourth-order valence-corrected chi connectivity index (χ4v) is 2.49. The van der Waals surface area contributed by atoms with E-state index < -0.39 is 0 Å². The van der Waals surface area contributed by atoms with E-state index in [1.807, 2.05) is 25.1 Å². The van der Waals surface area contributed by atoms with Gasteiger partial charge in [-0.3, -0.25) is 0 Å². The van der Waals surface area contributed by atoms with Gasteiger partial charge in [-0.05, 0) is 25.0 Å². The number of fused-ring (bicyclic) bond motifs is 1. The molecule has 1 unspecified atom stereocenters. The van der Waals surface area contributed by atoms with E-state index in [0.717, 1.165) is 42.5 Å². The maximum absolute atomic E-state index is 5.91. The van der Waals surface area contributed by atoms with Gasteiger partial charge in [0.15, 0.2) is 0 Å². The third-order valence-corrected chi connectivity index (χ3v) is 3.48. The van der Waals surface area contributed by atoms with Crippen LogP contribution in [0.3, 0.4) is 0 Å². The first kappa shape index (κ1) is 12.9. The predicted octanol–water partition coefficient (Wildman–Crippen LogP) is 2.76. The minimum Gasteiger partial charge on any atom is -0.488 e. The van der Waals surface area contributed by atoms with Gasteiger partial charge in [0.25, 0.3) is 0 Å². The van der Waals surface area contributed by atoms with Crippen LogP contribution in [0.15, 0.2) is 30.3 Å². The Bertz CT molecular complexity index is 587. The predicted molar refractivity (Wildman–Crippen MR) is 79.2 cm³/mol. The molecule has 0 spiro atoms. The number of hydrogen-bond acceptors (Lipinski definition) is 4. The van der Waals surface area contributed by atoms with Crippen molar-refractivity contribution in [2.24, 2.45) is 0 Å². The van der Waals surface area contributed by atoms with Crippen molar-refractivity contribution >= 4 is 5.82 Å². The molecule has 104 valence electrons. The standard InChI is InChI=1S/C16H19N3O/c1-3-13-9-16(19-11(2)18-13)17-10-14-8-12-6-4-5-7-15(12)20-14/h4-7,9,14H,3,8,10H2,1-2H3,(H,17,18,19). The first-order valence-electron chi connectivity index (χ1n) is 7.07. The van der Waals surface area contributed by atoms with Gasteiger partial charge < -0.3 is 10.1 Å². The Labute approximate surface area is 119 Å². The second-order valence-corrected chi connectivity index (χ2v) is 5.08. The van der Waals surface area contributed by atoms with Crippen LogP contribution in [0.4, 0.5) is 5.82 Å². The van der Waals surface area contributed by atoms with Crippen molar-refractivity contribution in [3.05, 3.63) is 47.4 Å². The number of aryl methyl sites for hydroxylation is 2. The number of nitrogens with one attached hydrogen (secondary N) is 1. The molecule has 2 aromatic rings. The van der Waals surface area contributed by atoms with E-state index in [2.05, 4.69) is 34.3 Å². The molecular formula is C16H19N3O. The van der Waals surface area contributed by atoms with Crippen LogP contribution >= 0.6 is 0 Å². The summed E-state index contributed by atoms with van der Waals surface area (Å²) in [7, 11) is 0. The third kappa shape index (κ3) is 2.74. The second-order valence-electron chi connectivity index (χ2n) is 5.08. The molecule has 1 aromatic carbocycles. The summed E-state index contributed by atoms with van der Waals surface area (Å²) in [6.45, 7) is 4.78. The Morgan fingerprint density at radius 2 is 2.15 bits per heavy atom. The highest BCUT2D eigenvalue weighted by Crippen LogP contribution is 2.28. The molecule has 0 radical (unpaired) electrons. The van der Waals surface area contributed by atoms with E-state index >= 15 is 0 Å². The Hall–Kier alpha value is -2.10. The molecule has 1 atom stereocenters. The summed E-state index contributed by atoms with van der Waals surface area (Å²) in [5, 5.41) is 3.36. The molecule has 1 aromatic heterocycles. The van der Waals surface area contributed by atoms with Crippen LogP contribution in [-0.2, 0) is 12.8 Å². The van der Waals surface area contributed by atoms with Crippen molar-refractivity contribution in [2.75, 3.05) is 11.9 Å². The van der Waals surface area contributed by atoms with Crippen LogP contribution in [-0.4, -0.2) is 22.6 Å². The fourth-order valence-electron chi connectivity index (χ4n) is 2.49. The van der Waals surface area contributed by atoms with E-state index in [9.17, 15) is 0 Å². The highest BCUT2D eigenvalue weighted by molar-refractivity contribution is 5.39. The summed E-state index contributed by atoms with van der Waals surface area (Å²) in [6.07, 6.45) is 2.05. The molecule has 4 nitrogen and oxygen atoms in total. The van der Waals surface area contributed by atoms with Crippen LogP contribution in [0.5, 0.6) is 5.75 Å². The number of nitrogens with zero attached hydrogens (tertiary/aromatic N) is 2. The molecule has 0 fully saturated rings. The lowest BCUT2D eigenvalue weighted by atomic mass is 10.1. The van der Waals surface area contributed by atoms with Crippen molar-refractivity contribution < 1.29 is 4.74 Å². The van der Waals surface area contributed by atoms with Crippen LogP contribution in [0.2, 0.25) is 0 Å². The van der Waals surface area contributed by atoms with E-state index in [4.69, 9.17) is 4.74 Å². The maximum atomic E-state index is 5.91. The quantitative estimate of drug-likeness (QED) is 0.927. The number of benzene rings is 1. The molecule has 1 aliphatic heterocycles. The number of rotatable bonds is 4. The lowest BCUT2D eigenvalue weighted by Crippen LogP contribution is -2.24. The smallest absolute Gasteiger partial charge is 0.130 e. The zero-order chi connectivity index (χ0) is 13.9. The molecule has 1 N–H and O–H groups in total. The Morgan fingerprint density at radius 1 is 1.30 bits per heavy atom. The summed E-state index contributed by atoms with van der Waals surface area (Å²) in [5.41, 5.74) is 2.35. The van der Waals surface area contributed by atoms with Crippen molar-refractivity contribution in [3.63, 3.8) is 0 Å². The number of ether oxygens (including phenoxy) is 1. The molecule has 4 heteroatoms. The molecule has 0 saturated carbocycles. The zero-order valence-corrected chi connectivity index (χ0v) is 11.9. The van der Waals surface area contributed by atoms with Crippen LogP contribution in [0.25, 0.3) is 0 Å². The van der Waals surface area contributed by atoms with E-state index in [0.29, 0.717) is 0 Å². The van der Waals surface area contributed by atoms with Crippen molar-refractivity contribution in [1.29, 1.82) is 0 Å². The number of aromatic nitrogens is 2. The van der Waals surface area contributed by atoms with Gasteiger partial charge in [-0.2, -0.15) is 0 Å². The summed E-state index contributed by atoms with van der Waals surface area (Å²) in [4.78, 5) is 8.80. The molecule has 0 saturated heterocycles. The van der Waals surface area contributed by atoms with E-state index in [-0.39, 0.29) is 6.10 Å². The van der Waals surface area contributed by atoms with Gasteiger partial charge in [0, 0.05) is 18.2 Å². The van der Waals surface area contributed by atoms with E-state index in [1.165, 1.54) is 5.56 Å². The maximum Gasteiger partial charge on any atom is 0.130 e. The largest absolute Gasteiger partial charge is 0.488 e. The molecule has 0 amide bonds. The summed E-state index contributed by atoms with van der Waals surface area (Å²) in [6, 6.07) is 10.2.